The summed E-state index contributed by atoms with van der Waals surface area (Å²) >= 11 is 1.40. The SMILES string of the molecule is CC1Sc2ccc(C(=O)OCC(=O)Nc3ccc(S(=O)(=O)N(C)C)cc3)cc2NC1=O. The van der Waals surface area contributed by atoms with E-state index in [2.05, 4.69) is 10.6 Å². The third-order valence-electron chi connectivity index (χ3n) is 4.40. The van der Waals surface area contributed by atoms with Gasteiger partial charge in [0.15, 0.2) is 6.61 Å². The third-order valence-corrected chi connectivity index (χ3v) is 7.40. The zero-order valence-corrected chi connectivity index (χ0v) is 18.7. The summed E-state index contributed by atoms with van der Waals surface area (Å²) in [6.45, 7) is 1.27. The molecule has 1 heterocycles. The van der Waals surface area contributed by atoms with Gasteiger partial charge in [-0.15, -0.1) is 11.8 Å². The summed E-state index contributed by atoms with van der Waals surface area (Å²) in [6.07, 6.45) is 0. The van der Waals surface area contributed by atoms with Crippen molar-refractivity contribution in [3.8, 4) is 0 Å². The molecule has 31 heavy (non-hydrogen) atoms. The molecule has 1 aliphatic heterocycles. The van der Waals surface area contributed by atoms with Gasteiger partial charge in [0.05, 0.1) is 21.4 Å². The standard InChI is InChI=1S/C20H21N3O6S2/c1-12-19(25)22-16-10-13(4-9-17(16)30-12)20(26)29-11-18(24)21-14-5-7-15(8-6-14)31(27,28)23(2)3/h4-10,12H,11H2,1-3H3,(H,21,24)(H,22,25). The maximum absolute atomic E-state index is 12.3. The van der Waals surface area contributed by atoms with Crippen LogP contribution in [0.15, 0.2) is 52.3 Å². The summed E-state index contributed by atoms with van der Waals surface area (Å²) in [4.78, 5) is 37.1. The molecule has 0 fully saturated rings. The molecule has 2 aromatic carbocycles. The lowest BCUT2D eigenvalue weighted by Gasteiger charge is -2.21. The predicted molar refractivity (Wildman–Crippen MR) is 117 cm³/mol. The summed E-state index contributed by atoms with van der Waals surface area (Å²) in [5.74, 6) is -1.43. The fourth-order valence-electron chi connectivity index (χ4n) is 2.67. The summed E-state index contributed by atoms with van der Waals surface area (Å²) in [6, 6.07) is 10.4. The van der Waals surface area contributed by atoms with Gasteiger partial charge in [0.1, 0.15) is 0 Å². The van der Waals surface area contributed by atoms with Crippen LogP contribution in [-0.4, -0.2) is 56.5 Å². The van der Waals surface area contributed by atoms with Crippen LogP contribution >= 0.6 is 11.8 Å². The molecule has 9 nitrogen and oxygen atoms in total. The van der Waals surface area contributed by atoms with Gasteiger partial charge in [0.2, 0.25) is 15.9 Å². The van der Waals surface area contributed by atoms with Gasteiger partial charge in [0, 0.05) is 24.7 Å². The predicted octanol–water partition coefficient (Wildman–Crippen LogP) is 2.17. The lowest BCUT2D eigenvalue weighted by molar-refractivity contribution is -0.119. The van der Waals surface area contributed by atoms with Crippen molar-refractivity contribution in [2.45, 2.75) is 22.0 Å². The van der Waals surface area contributed by atoms with Gasteiger partial charge < -0.3 is 15.4 Å². The van der Waals surface area contributed by atoms with Crippen LogP contribution in [0.2, 0.25) is 0 Å². The first kappa shape index (κ1) is 22.8. The van der Waals surface area contributed by atoms with Crippen molar-refractivity contribution in [2.24, 2.45) is 0 Å². The first-order valence-electron chi connectivity index (χ1n) is 9.19. The fraction of sp³-hybridized carbons (Fsp3) is 0.250. The zero-order valence-electron chi connectivity index (χ0n) is 17.0. The molecule has 2 N–H and O–H groups in total. The van der Waals surface area contributed by atoms with Gasteiger partial charge in [0.25, 0.3) is 5.91 Å². The highest BCUT2D eigenvalue weighted by atomic mass is 32.2. The van der Waals surface area contributed by atoms with E-state index in [-0.39, 0.29) is 21.6 Å². The number of sulfonamides is 1. The Morgan fingerprint density at radius 2 is 1.84 bits per heavy atom. The van der Waals surface area contributed by atoms with E-state index >= 15 is 0 Å². The molecule has 2 aromatic rings. The molecule has 1 atom stereocenters. The van der Waals surface area contributed by atoms with Crippen LogP contribution in [0.4, 0.5) is 11.4 Å². The second-order valence-electron chi connectivity index (χ2n) is 6.90. The van der Waals surface area contributed by atoms with Gasteiger partial charge in [-0.1, -0.05) is 0 Å². The number of hydrogen-bond acceptors (Lipinski definition) is 7. The van der Waals surface area contributed by atoms with E-state index in [1.54, 1.807) is 19.1 Å². The van der Waals surface area contributed by atoms with Gasteiger partial charge >= 0.3 is 5.97 Å². The van der Waals surface area contributed by atoms with Crippen molar-refractivity contribution in [3.63, 3.8) is 0 Å². The van der Waals surface area contributed by atoms with E-state index < -0.39 is 28.5 Å². The van der Waals surface area contributed by atoms with Crippen LogP contribution < -0.4 is 10.6 Å². The number of amides is 2. The van der Waals surface area contributed by atoms with Crippen molar-refractivity contribution >= 4 is 50.9 Å². The summed E-state index contributed by atoms with van der Waals surface area (Å²) in [5.41, 5.74) is 1.10. The average Bonchev–Trinajstić information content (AvgIpc) is 2.72. The van der Waals surface area contributed by atoms with Crippen molar-refractivity contribution in [1.29, 1.82) is 0 Å². The monoisotopic (exact) mass is 463 g/mol. The number of benzene rings is 2. The smallest absolute Gasteiger partial charge is 0.338 e. The Kier molecular flexibility index (Phi) is 6.68. The van der Waals surface area contributed by atoms with Crippen LogP contribution in [0.1, 0.15) is 17.3 Å². The van der Waals surface area contributed by atoms with E-state index in [0.29, 0.717) is 11.4 Å². The normalized spacial score (nSPS) is 15.7. The van der Waals surface area contributed by atoms with Gasteiger partial charge in [-0.05, 0) is 49.4 Å². The van der Waals surface area contributed by atoms with Crippen LogP contribution in [0.25, 0.3) is 0 Å². The fourth-order valence-corrected chi connectivity index (χ4v) is 4.50. The number of nitrogens with zero attached hydrogens (tertiary/aromatic N) is 1. The quantitative estimate of drug-likeness (QED) is 0.630. The molecule has 2 amide bonds. The molecule has 1 aliphatic rings. The third kappa shape index (κ3) is 5.24. The highest BCUT2D eigenvalue weighted by molar-refractivity contribution is 8.01. The van der Waals surface area contributed by atoms with E-state index in [0.717, 1.165) is 9.20 Å². The molecule has 1 unspecified atom stereocenters. The Labute approximate surface area is 184 Å². The molecule has 11 heteroatoms. The summed E-state index contributed by atoms with van der Waals surface area (Å²) in [5, 5.41) is 5.05. The largest absolute Gasteiger partial charge is 0.452 e. The van der Waals surface area contributed by atoms with Gasteiger partial charge in [-0.25, -0.2) is 17.5 Å². The molecule has 164 valence electrons. The number of ether oxygens (including phenoxy) is 1. The highest BCUT2D eigenvalue weighted by Gasteiger charge is 2.24. The number of nitrogens with one attached hydrogen (secondary N) is 2. The molecular weight excluding hydrogens is 442 g/mol. The Morgan fingerprint density at radius 1 is 1.16 bits per heavy atom. The lowest BCUT2D eigenvalue weighted by Crippen LogP contribution is -2.26. The summed E-state index contributed by atoms with van der Waals surface area (Å²) < 4.78 is 30.2. The molecule has 0 saturated carbocycles. The molecule has 0 aromatic heterocycles. The van der Waals surface area contributed by atoms with Crippen molar-refractivity contribution < 1.29 is 27.5 Å². The number of hydrogen-bond donors (Lipinski definition) is 2. The van der Waals surface area contributed by atoms with Gasteiger partial charge in [-0.3, -0.25) is 9.59 Å². The maximum Gasteiger partial charge on any atom is 0.338 e. The number of fused-ring (bicyclic) bond motifs is 1. The first-order valence-corrected chi connectivity index (χ1v) is 11.5. The van der Waals surface area contributed by atoms with E-state index in [1.165, 1.54) is 56.2 Å². The zero-order chi connectivity index (χ0) is 22.8. The minimum atomic E-state index is -3.56. The van der Waals surface area contributed by atoms with E-state index in [4.69, 9.17) is 4.74 Å². The van der Waals surface area contributed by atoms with E-state index in [1.807, 2.05) is 0 Å². The highest BCUT2D eigenvalue weighted by Crippen LogP contribution is 2.36. The lowest BCUT2D eigenvalue weighted by atomic mass is 10.2. The van der Waals surface area contributed by atoms with Gasteiger partial charge in [-0.2, -0.15) is 0 Å². The molecule has 3 rings (SSSR count). The van der Waals surface area contributed by atoms with Crippen LogP contribution in [0.3, 0.4) is 0 Å². The van der Waals surface area contributed by atoms with Crippen molar-refractivity contribution in [2.75, 3.05) is 31.3 Å². The van der Waals surface area contributed by atoms with Crippen LogP contribution in [0.5, 0.6) is 0 Å². The Bertz CT molecular complexity index is 1130. The topological polar surface area (TPSA) is 122 Å². The molecule has 0 saturated heterocycles. The number of carbonyl (C=O) groups is 3. The molecular formula is C20H21N3O6S2. The minimum absolute atomic E-state index is 0.0917. The second kappa shape index (κ2) is 9.08. The van der Waals surface area contributed by atoms with E-state index in [9.17, 15) is 22.8 Å². The van der Waals surface area contributed by atoms with Crippen molar-refractivity contribution in [1.82, 2.24) is 4.31 Å². The number of carbonyl (C=O) groups excluding carboxylic acids is 3. The number of thioether (sulfide) groups is 1. The molecule has 0 radical (unpaired) electrons. The average molecular weight is 464 g/mol. The molecule has 0 aliphatic carbocycles. The van der Waals surface area contributed by atoms with Crippen LogP contribution in [-0.2, 0) is 24.3 Å². The number of anilines is 2. The van der Waals surface area contributed by atoms with Crippen LogP contribution in [0, 0.1) is 0 Å². The number of esters is 1. The molecule has 0 bridgehead atoms. The van der Waals surface area contributed by atoms with Crippen molar-refractivity contribution in [3.05, 3.63) is 48.0 Å². The summed E-state index contributed by atoms with van der Waals surface area (Å²) in [7, 11) is -0.712. The Balaban J connectivity index is 1.57. The molecule has 0 spiro atoms. The Hall–Kier alpha value is -2.89. The second-order valence-corrected chi connectivity index (χ2v) is 10.4. The minimum Gasteiger partial charge on any atom is -0.452 e. The maximum atomic E-state index is 12.3. The number of rotatable bonds is 6. The first-order chi connectivity index (χ1) is 14.6. The Morgan fingerprint density at radius 3 is 2.48 bits per heavy atom.